The van der Waals surface area contributed by atoms with E-state index in [9.17, 15) is 14.9 Å². The van der Waals surface area contributed by atoms with Crippen LogP contribution in [0.25, 0.3) is 0 Å². The number of carbonyl (C=O) groups excluding carboxylic acids is 1. The fraction of sp³-hybridized carbons (Fsp3) is 0.294. The van der Waals surface area contributed by atoms with Gasteiger partial charge in [0, 0.05) is 55.9 Å². The SMILES string of the molecule is CN1CCN(c2ccc(C(=O)Nc3ccncc3)cc2[N+](=O)[O-])CC1. The van der Waals surface area contributed by atoms with Crippen molar-refractivity contribution in [1.29, 1.82) is 0 Å². The van der Waals surface area contributed by atoms with E-state index in [1.54, 1.807) is 36.7 Å². The molecule has 2 heterocycles. The van der Waals surface area contributed by atoms with Gasteiger partial charge in [0.05, 0.1) is 4.92 Å². The summed E-state index contributed by atoms with van der Waals surface area (Å²) in [5.41, 5.74) is 1.35. The first-order chi connectivity index (χ1) is 12.0. The van der Waals surface area contributed by atoms with Crippen molar-refractivity contribution >= 4 is 23.0 Å². The van der Waals surface area contributed by atoms with Gasteiger partial charge in [0.15, 0.2) is 0 Å². The summed E-state index contributed by atoms with van der Waals surface area (Å²) >= 11 is 0. The molecule has 1 aliphatic heterocycles. The quantitative estimate of drug-likeness (QED) is 0.675. The standard InChI is InChI=1S/C17H19N5O3/c1-20-8-10-21(11-9-20)15-3-2-13(12-16(15)22(24)25)17(23)19-14-4-6-18-7-5-14/h2-7,12H,8-11H2,1H3,(H,18,19,23). The maximum absolute atomic E-state index is 12.3. The molecule has 1 aromatic carbocycles. The Bertz CT molecular complexity index is 773. The summed E-state index contributed by atoms with van der Waals surface area (Å²) in [5.74, 6) is -0.390. The van der Waals surface area contributed by atoms with Crippen molar-refractivity contribution in [2.45, 2.75) is 0 Å². The molecule has 0 radical (unpaired) electrons. The second-order valence-electron chi connectivity index (χ2n) is 5.94. The number of hydrogen-bond donors (Lipinski definition) is 1. The topological polar surface area (TPSA) is 91.6 Å². The van der Waals surface area contributed by atoms with Crippen LogP contribution in [0.1, 0.15) is 10.4 Å². The maximum Gasteiger partial charge on any atom is 0.293 e. The van der Waals surface area contributed by atoms with Gasteiger partial charge in [-0.25, -0.2) is 0 Å². The van der Waals surface area contributed by atoms with Crippen molar-refractivity contribution < 1.29 is 9.72 Å². The van der Waals surface area contributed by atoms with Gasteiger partial charge in [0.1, 0.15) is 5.69 Å². The Kier molecular flexibility index (Phi) is 4.90. The number of nitrogens with zero attached hydrogens (tertiary/aromatic N) is 4. The Labute approximate surface area is 145 Å². The lowest BCUT2D eigenvalue weighted by molar-refractivity contribution is -0.384. The van der Waals surface area contributed by atoms with Crippen LogP contribution in [0, 0.1) is 10.1 Å². The zero-order valence-corrected chi connectivity index (χ0v) is 13.9. The van der Waals surface area contributed by atoms with Gasteiger partial charge in [0.2, 0.25) is 0 Å². The molecule has 3 rings (SSSR count). The van der Waals surface area contributed by atoms with Crippen LogP contribution in [0.2, 0.25) is 0 Å². The number of benzene rings is 1. The first-order valence-electron chi connectivity index (χ1n) is 7.98. The summed E-state index contributed by atoms with van der Waals surface area (Å²) in [6.45, 7) is 3.14. The van der Waals surface area contributed by atoms with E-state index in [1.165, 1.54) is 6.07 Å². The van der Waals surface area contributed by atoms with Gasteiger partial charge in [-0.15, -0.1) is 0 Å². The molecule has 8 nitrogen and oxygen atoms in total. The van der Waals surface area contributed by atoms with E-state index in [4.69, 9.17) is 0 Å². The second kappa shape index (κ2) is 7.27. The Hall–Kier alpha value is -3.00. The van der Waals surface area contributed by atoms with Crippen molar-refractivity contribution in [1.82, 2.24) is 9.88 Å². The third kappa shape index (κ3) is 3.92. The highest BCUT2D eigenvalue weighted by Gasteiger charge is 2.24. The Morgan fingerprint density at radius 1 is 1.16 bits per heavy atom. The molecule has 8 heteroatoms. The Morgan fingerprint density at radius 2 is 1.84 bits per heavy atom. The largest absolute Gasteiger partial charge is 0.363 e. The molecule has 0 spiro atoms. The van der Waals surface area contributed by atoms with Crippen molar-refractivity contribution in [2.24, 2.45) is 0 Å². The highest BCUT2D eigenvalue weighted by Crippen LogP contribution is 2.30. The molecule has 0 unspecified atom stereocenters. The number of piperazine rings is 1. The average molecular weight is 341 g/mol. The van der Waals surface area contributed by atoms with E-state index in [-0.39, 0.29) is 17.2 Å². The zero-order valence-electron chi connectivity index (χ0n) is 13.9. The molecule has 1 aliphatic rings. The molecule has 1 aromatic heterocycles. The minimum atomic E-state index is -0.434. The van der Waals surface area contributed by atoms with Gasteiger partial charge >= 0.3 is 0 Å². The summed E-state index contributed by atoms with van der Waals surface area (Å²) in [6, 6.07) is 7.93. The normalized spacial score (nSPS) is 15.0. The number of nitrogens with one attached hydrogen (secondary N) is 1. The van der Waals surface area contributed by atoms with Crippen molar-refractivity contribution in [3.05, 3.63) is 58.4 Å². The number of anilines is 2. The minimum absolute atomic E-state index is 0.0491. The van der Waals surface area contributed by atoms with Crippen molar-refractivity contribution in [3.8, 4) is 0 Å². The molecular weight excluding hydrogens is 322 g/mol. The summed E-state index contributed by atoms with van der Waals surface area (Å²) in [4.78, 5) is 31.5. The molecule has 1 fully saturated rings. The van der Waals surface area contributed by atoms with Gasteiger partial charge in [-0.3, -0.25) is 19.9 Å². The number of nitro benzene ring substituents is 1. The van der Waals surface area contributed by atoms with Crippen molar-refractivity contribution in [2.75, 3.05) is 43.4 Å². The van der Waals surface area contributed by atoms with E-state index in [1.807, 2.05) is 11.9 Å². The smallest absolute Gasteiger partial charge is 0.293 e. The molecule has 2 aromatic rings. The summed E-state index contributed by atoms with van der Waals surface area (Å²) in [7, 11) is 2.03. The molecule has 130 valence electrons. The number of hydrogen-bond acceptors (Lipinski definition) is 6. The summed E-state index contributed by atoms with van der Waals surface area (Å²) in [6.07, 6.45) is 3.13. The van der Waals surface area contributed by atoms with Gasteiger partial charge in [0.25, 0.3) is 11.6 Å². The first-order valence-corrected chi connectivity index (χ1v) is 7.98. The lowest BCUT2D eigenvalue weighted by Gasteiger charge is -2.33. The molecule has 0 bridgehead atoms. The van der Waals surface area contributed by atoms with Crippen molar-refractivity contribution in [3.63, 3.8) is 0 Å². The third-order valence-electron chi connectivity index (χ3n) is 4.22. The molecule has 1 saturated heterocycles. The predicted molar refractivity (Wildman–Crippen MR) is 95.0 cm³/mol. The van der Waals surface area contributed by atoms with Crippen LogP contribution in [-0.4, -0.2) is 53.9 Å². The van der Waals surface area contributed by atoms with Crippen LogP contribution in [-0.2, 0) is 0 Å². The van der Waals surface area contributed by atoms with Gasteiger partial charge < -0.3 is 15.1 Å². The highest BCUT2D eigenvalue weighted by molar-refractivity contribution is 6.05. The van der Waals surface area contributed by atoms with Gasteiger partial charge in [-0.05, 0) is 31.3 Å². The molecular formula is C17H19N5O3. The van der Waals surface area contributed by atoms with Crippen LogP contribution in [0.3, 0.4) is 0 Å². The lowest BCUT2D eigenvalue weighted by Crippen LogP contribution is -2.44. The third-order valence-corrected chi connectivity index (χ3v) is 4.22. The number of pyridine rings is 1. The number of carbonyl (C=O) groups is 1. The molecule has 0 saturated carbocycles. The van der Waals surface area contributed by atoms with Crippen LogP contribution >= 0.6 is 0 Å². The average Bonchev–Trinajstić information content (AvgIpc) is 2.62. The van der Waals surface area contributed by atoms with Gasteiger partial charge in [-0.2, -0.15) is 0 Å². The number of nitro groups is 1. The minimum Gasteiger partial charge on any atom is -0.363 e. The second-order valence-corrected chi connectivity index (χ2v) is 5.94. The first kappa shape index (κ1) is 16.8. The number of likely N-dealkylation sites (N-methyl/N-ethyl adjacent to an activating group) is 1. The molecule has 0 aliphatic carbocycles. The van der Waals surface area contributed by atoms with Crippen LogP contribution in [0.4, 0.5) is 17.1 Å². The fourth-order valence-electron chi connectivity index (χ4n) is 2.76. The molecule has 1 amide bonds. The van der Waals surface area contributed by atoms with Gasteiger partial charge in [-0.1, -0.05) is 0 Å². The van der Waals surface area contributed by atoms with Crippen LogP contribution in [0.15, 0.2) is 42.7 Å². The van der Waals surface area contributed by atoms with E-state index in [0.29, 0.717) is 11.4 Å². The van der Waals surface area contributed by atoms with Crippen LogP contribution in [0.5, 0.6) is 0 Å². The lowest BCUT2D eigenvalue weighted by atomic mass is 10.1. The number of rotatable bonds is 4. The van der Waals surface area contributed by atoms with E-state index < -0.39 is 4.92 Å². The Balaban J connectivity index is 1.83. The fourth-order valence-corrected chi connectivity index (χ4v) is 2.76. The van der Waals surface area contributed by atoms with E-state index >= 15 is 0 Å². The number of aromatic nitrogens is 1. The molecule has 0 atom stereocenters. The van der Waals surface area contributed by atoms with E-state index in [0.717, 1.165) is 26.2 Å². The maximum atomic E-state index is 12.3. The summed E-state index contributed by atoms with van der Waals surface area (Å²) < 4.78 is 0. The zero-order chi connectivity index (χ0) is 17.8. The Morgan fingerprint density at radius 3 is 2.48 bits per heavy atom. The van der Waals surface area contributed by atoms with Crippen LogP contribution < -0.4 is 10.2 Å². The number of amides is 1. The molecule has 1 N–H and O–H groups in total. The van der Waals surface area contributed by atoms with E-state index in [2.05, 4.69) is 15.2 Å². The molecule has 25 heavy (non-hydrogen) atoms. The highest BCUT2D eigenvalue weighted by atomic mass is 16.6. The monoisotopic (exact) mass is 341 g/mol. The summed E-state index contributed by atoms with van der Waals surface area (Å²) in [5, 5.41) is 14.2. The predicted octanol–water partition coefficient (Wildman–Crippen LogP) is 1.99.